The molecule has 0 aliphatic heterocycles. The van der Waals surface area contributed by atoms with Crippen LogP contribution in [0.5, 0.6) is 5.75 Å². The van der Waals surface area contributed by atoms with Crippen molar-refractivity contribution in [2.45, 2.75) is 0 Å². The van der Waals surface area contributed by atoms with Gasteiger partial charge in [-0.1, -0.05) is 52.4 Å². The molecular formula is C19H13BrN2O. The second-order valence-electron chi connectivity index (χ2n) is 5.37. The van der Waals surface area contributed by atoms with Crippen molar-refractivity contribution in [3.05, 3.63) is 70.3 Å². The number of allylic oxidation sites excluding steroid dienone is 8. The molecule has 1 aromatic carbocycles. The standard InChI is InChI=1S/C19H13BrN2O/c1-23-16-7-5-13(6-8-16)17-9-14-3-2-4-15(20)10-18(14)19(17,11-21)12-22/h2-10,18H,1H3. The van der Waals surface area contributed by atoms with E-state index in [1.807, 2.05) is 54.6 Å². The Hall–Kier alpha value is -2.56. The molecule has 0 saturated heterocycles. The first-order valence-corrected chi connectivity index (χ1v) is 7.88. The van der Waals surface area contributed by atoms with Crippen molar-refractivity contribution < 1.29 is 4.74 Å². The largest absolute Gasteiger partial charge is 0.497 e. The molecule has 1 aromatic rings. The molecule has 0 fully saturated rings. The normalized spacial score (nSPS) is 21.0. The monoisotopic (exact) mass is 364 g/mol. The zero-order valence-electron chi connectivity index (χ0n) is 12.5. The fraction of sp³-hybridized carbons (Fsp3) is 0.158. The zero-order valence-corrected chi connectivity index (χ0v) is 14.0. The van der Waals surface area contributed by atoms with Gasteiger partial charge < -0.3 is 4.74 Å². The number of benzene rings is 1. The summed E-state index contributed by atoms with van der Waals surface area (Å²) < 4.78 is 6.04. The van der Waals surface area contributed by atoms with Gasteiger partial charge in [-0.25, -0.2) is 0 Å². The maximum absolute atomic E-state index is 9.84. The van der Waals surface area contributed by atoms with Crippen LogP contribution in [0.15, 0.2) is 64.7 Å². The Morgan fingerprint density at radius 3 is 2.48 bits per heavy atom. The molecule has 0 radical (unpaired) electrons. The number of hydrogen-bond acceptors (Lipinski definition) is 3. The summed E-state index contributed by atoms with van der Waals surface area (Å²) in [7, 11) is 1.61. The van der Waals surface area contributed by atoms with Crippen LogP contribution in [0, 0.1) is 34.0 Å². The molecule has 3 nitrogen and oxygen atoms in total. The second kappa shape index (κ2) is 5.91. The highest BCUT2D eigenvalue weighted by atomic mass is 79.9. The fourth-order valence-corrected chi connectivity index (χ4v) is 3.41. The highest BCUT2D eigenvalue weighted by molar-refractivity contribution is 9.11. The van der Waals surface area contributed by atoms with Crippen molar-refractivity contribution in [2.24, 2.45) is 11.3 Å². The Balaban J connectivity index is 2.17. The minimum atomic E-state index is -1.23. The van der Waals surface area contributed by atoms with E-state index in [4.69, 9.17) is 4.74 Å². The number of methoxy groups -OCH3 is 1. The lowest BCUT2D eigenvalue weighted by Gasteiger charge is -2.23. The molecule has 0 spiro atoms. The molecule has 1 atom stereocenters. The molecule has 112 valence electrons. The Kier molecular flexibility index (Phi) is 3.94. The van der Waals surface area contributed by atoms with Gasteiger partial charge in [-0.3, -0.25) is 0 Å². The molecule has 4 heteroatoms. The van der Waals surface area contributed by atoms with Gasteiger partial charge in [0.2, 0.25) is 0 Å². The summed E-state index contributed by atoms with van der Waals surface area (Å²) >= 11 is 3.46. The third kappa shape index (κ3) is 2.42. The summed E-state index contributed by atoms with van der Waals surface area (Å²) in [5.74, 6) is 0.449. The summed E-state index contributed by atoms with van der Waals surface area (Å²) in [4.78, 5) is 0. The highest BCUT2D eigenvalue weighted by Gasteiger charge is 2.48. The summed E-state index contributed by atoms with van der Waals surface area (Å²) in [5.41, 5.74) is 1.32. The molecule has 0 amide bonds. The molecule has 0 aromatic heterocycles. The van der Waals surface area contributed by atoms with E-state index in [0.29, 0.717) is 0 Å². The number of rotatable bonds is 2. The molecule has 0 heterocycles. The lowest BCUT2D eigenvalue weighted by molar-refractivity contribution is 0.414. The Labute approximate surface area is 143 Å². The van der Waals surface area contributed by atoms with E-state index in [0.717, 1.165) is 26.9 Å². The van der Waals surface area contributed by atoms with E-state index in [1.165, 1.54) is 0 Å². The van der Waals surface area contributed by atoms with Crippen molar-refractivity contribution in [1.82, 2.24) is 0 Å². The SMILES string of the molecule is COc1ccc(C2=CC3=CC=CC(Br)=CC3C2(C#N)C#N)cc1. The van der Waals surface area contributed by atoms with Gasteiger partial charge in [0.05, 0.1) is 19.2 Å². The number of nitrogens with zero attached hydrogens (tertiary/aromatic N) is 2. The minimum Gasteiger partial charge on any atom is -0.497 e. The molecule has 0 N–H and O–H groups in total. The quantitative estimate of drug-likeness (QED) is 0.775. The number of halogens is 1. The number of ether oxygens (including phenoxy) is 1. The van der Waals surface area contributed by atoms with Crippen LogP contribution in [0.1, 0.15) is 5.56 Å². The van der Waals surface area contributed by atoms with Crippen molar-refractivity contribution in [3.63, 3.8) is 0 Å². The van der Waals surface area contributed by atoms with Crippen LogP contribution in [0.3, 0.4) is 0 Å². The van der Waals surface area contributed by atoms with E-state index in [1.54, 1.807) is 7.11 Å². The molecule has 2 aliphatic rings. The Morgan fingerprint density at radius 2 is 1.87 bits per heavy atom. The van der Waals surface area contributed by atoms with Crippen LogP contribution in [-0.4, -0.2) is 7.11 Å². The smallest absolute Gasteiger partial charge is 0.179 e. The minimum absolute atomic E-state index is 0.293. The highest BCUT2D eigenvalue weighted by Crippen LogP contribution is 2.52. The van der Waals surface area contributed by atoms with Gasteiger partial charge in [0.15, 0.2) is 5.41 Å². The maximum atomic E-state index is 9.84. The van der Waals surface area contributed by atoms with Crippen molar-refractivity contribution in [2.75, 3.05) is 7.11 Å². The predicted molar refractivity (Wildman–Crippen MR) is 92.4 cm³/mol. The molecule has 2 aliphatic carbocycles. The van der Waals surface area contributed by atoms with Crippen LogP contribution in [0.25, 0.3) is 5.57 Å². The predicted octanol–water partition coefficient (Wildman–Crippen LogP) is 4.52. The van der Waals surface area contributed by atoms with Gasteiger partial charge in [-0.2, -0.15) is 10.5 Å². The van der Waals surface area contributed by atoms with Crippen molar-refractivity contribution >= 4 is 21.5 Å². The van der Waals surface area contributed by atoms with Gasteiger partial charge in [-0.15, -0.1) is 0 Å². The molecule has 1 unspecified atom stereocenters. The maximum Gasteiger partial charge on any atom is 0.179 e. The van der Waals surface area contributed by atoms with Crippen LogP contribution >= 0.6 is 15.9 Å². The third-order valence-corrected chi connectivity index (χ3v) is 4.71. The Bertz CT molecular complexity index is 831. The van der Waals surface area contributed by atoms with Crippen molar-refractivity contribution in [3.8, 4) is 17.9 Å². The van der Waals surface area contributed by atoms with E-state index < -0.39 is 5.41 Å². The molecule has 23 heavy (non-hydrogen) atoms. The van der Waals surface area contributed by atoms with Crippen LogP contribution in [0.2, 0.25) is 0 Å². The lowest BCUT2D eigenvalue weighted by atomic mass is 9.73. The van der Waals surface area contributed by atoms with Crippen LogP contribution < -0.4 is 4.74 Å². The number of nitriles is 2. The zero-order chi connectivity index (χ0) is 16.4. The average molecular weight is 365 g/mol. The summed E-state index contributed by atoms with van der Waals surface area (Å²) in [5, 5.41) is 19.7. The molecular weight excluding hydrogens is 352 g/mol. The first kappa shape index (κ1) is 15.3. The van der Waals surface area contributed by atoms with Gasteiger partial charge in [-0.05, 0) is 34.9 Å². The first-order valence-electron chi connectivity index (χ1n) is 7.09. The molecule has 0 saturated carbocycles. The number of hydrogen-bond donors (Lipinski definition) is 0. The topological polar surface area (TPSA) is 56.8 Å². The van der Waals surface area contributed by atoms with E-state index in [-0.39, 0.29) is 5.92 Å². The fourth-order valence-electron chi connectivity index (χ4n) is 2.99. The average Bonchev–Trinajstić information content (AvgIpc) is 2.76. The van der Waals surface area contributed by atoms with Crippen LogP contribution in [0.4, 0.5) is 0 Å². The lowest BCUT2D eigenvalue weighted by Crippen LogP contribution is -2.24. The Morgan fingerprint density at radius 1 is 1.17 bits per heavy atom. The van der Waals surface area contributed by atoms with E-state index in [2.05, 4.69) is 28.1 Å². The van der Waals surface area contributed by atoms with Gasteiger partial charge in [0.25, 0.3) is 0 Å². The third-order valence-electron chi connectivity index (χ3n) is 4.19. The first-order chi connectivity index (χ1) is 11.1. The summed E-state index contributed by atoms with van der Waals surface area (Å²) in [6.07, 6.45) is 9.66. The molecule has 0 bridgehead atoms. The summed E-state index contributed by atoms with van der Waals surface area (Å²) in [6.45, 7) is 0. The van der Waals surface area contributed by atoms with Crippen molar-refractivity contribution in [1.29, 1.82) is 10.5 Å². The van der Waals surface area contributed by atoms with E-state index in [9.17, 15) is 10.5 Å². The van der Waals surface area contributed by atoms with Gasteiger partial charge in [0.1, 0.15) is 5.75 Å². The van der Waals surface area contributed by atoms with Gasteiger partial charge in [0, 0.05) is 10.4 Å². The summed E-state index contributed by atoms with van der Waals surface area (Å²) in [6, 6.07) is 12.0. The van der Waals surface area contributed by atoms with E-state index >= 15 is 0 Å². The second-order valence-corrected chi connectivity index (χ2v) is 6.29. The number of fused-ring (bicyclic) bond motifs is 1. The van der Waals surface area contributed by atoms with Gasteiger partial charge >= 0.3 is 0 Å². The van der Waals surface area contributed by atoms with Crippen LogP contribution in [-0.2, 0) is 0 Å². The molecule has 3 rings (SSSR count).